The van der Waals surface area contributed by atoms with Gasteiger partial charge in [0.15, 0.2) is 5.44 Å². The Bertz CT molecular complexity index is 136. The van der Waals surface area contributed by atoms with Crippen LogP contribution >= 0.6 is 0 Å². The highest BCUT2D eigenvalue weighted by Gasteiger charge is 2.10. The van der Waals surface area contributed by atoms with E-state index < -0.39 is 15.6 Å². The molecule has 0 bridgehead atoms. The van der Waals surface area contributed by atoms with Crippen molar-refractivity contribution in [2.75, 3.05) is 0 Å². The highest BCUT2D eigenvalue weighted by Crippen LogP contribution is 1.88. The molecule has 0 aromatic rings. The van der Waals surface area contributed by atoms with Crippen LogP contribution in [0.3, 0.4) is 0 Å². The zero-order chi connectivity index (χ0) is 6.08. The van der Waals surface area contributed by atoms with E-state index >= 15 is 0 Å². The SMILES string of the molecule is CC(O)S(=O)(=O)O.[MgH2]. The molecule has 0 aliphatic carbocycles. The van der Waals surface area contributed by atoms with Crippen molar-refractivity contribution in [1.29, 1.82) is 0 Å². The van der Waals surface area contributed by atoms with Crippen molar-refractivity contribution < 1.29 is 18.1 Å². The topological polar surface area (TPSA) is 74.6 Å². The zero-order valence-electron chi connectivity index (χ0n) is 3.70. The summed E-state index contributed by atoms with van der Waals surface area (Å²) in [6, 6.07) is 0. The lowest BCUT2D eigenvalue weighted by molar-refractivity contribution is 0.252. The van der Waals surface area contributed by atoms with Gasteiger partial charge in [-0.3, -0.25) is 4.55 Å². The van der Waals surface area contributed by atoms with Gasteiger partial charge in [0.1, 0.15) is 0 Å². The number of rotatable bonds is 1. The minimum Gasteiger partial charge on any atom is -0.375 e. The lowest BCUT2D eigenvalue weighted by Crippen LogP contribution is -2.14. The first kappa shape index (κ1) is 11.4. The van der Waals surface area contributed by atoms with Gasteiger partial charge in [0.2, 0.25) is 0 Å². The maximum atomic E-state index is 9.64. The van der Waals surface area contributed by atoms with Gasteiger partial charge in [-0.15, -0.1) is 0 Å². The zero-order valence-corrected chi connectivity index (χ0v) is 4.51. The third-order valence-corrected chi connectivity index (χ3v) is 1.29. The van der Waals surface area contributed by atoms with Gasteiger partial charge in [0.25, 0.3) is 10.1 Å². The first-order chi connectivity index (χ1) is 2.94. The second kappa shape index (κ2) is 3.62. The van der Waals surface area contributed by atoms with Gasteiger partial charge < -0.3 is 5.11 Å². The Labute approximate surface area is 63.8 Å². The summed E-state index contributed by atoms with van der Waals surface area (Å²) in [6.45, 7) is 0.968. The summed E-state index contributed by atoms with van der Waals surface area (Å²) in [4.78, 5) is 0. The molecule has 0 rings (SSSR count). The van der Waals surface area contributed by atoms with Crippen LogP contribution in [-0.4, -0.2) is 46.6 Å². The second-order valence-corrected chi connectivity index (χ2v) is 2.83. The fourth-order valence-corrected chi connectivity index (χ4v) is 0. The fourth-order valence-electron chi connectivity index (χ4n) is 0. The minimum atomic E-state index is -4.19. The van der Waals surface area contributed by atoms with Crippen LogP contribution in [0.15, 0.2) is 0 Å². The van der Waals surface area contributed by atoms with Crippen LogP contribution in [-0.2, 0) is 10.1 Å². The van der Waals surface area contributed by atoms with E-state index in [-0.39, 0.29) is 23.1 Å². The van der Waals surface area contributed by atoms with E-state index in [4.69, 9.17) is 9.66 Å². The van der Waals surface area contributed by atoms with Crippen molar-refractivity contribution >= 4 is 33.2 Å². The molecule has 6 heteroatoms. The van der Waals surface area contributed by atoms with Crippen LogP contribution in [0.5, 0.6) is 0 Å². The largest absolute Gasteiger partial charge is 0.375 e. The van der Waals surface area contributed by atoms with Gasteiger partial charge in [-0.2, -0.15) is 8.42 Å². The molecule has 48 valence electrons. The average Bonchev–Trinajstić information content (AvgIpc) is 1.31. The summed E-state index contributed by atoms with van der Waals surface area (Å²) in [7, 11) is -4.19. The van der Waals surface area contributed by atoms with Gasteiger partial charge >= 0.3 is 23.1 Å². The summed E-state index contributed by atoms with van der Waals surface area (Å²) in [5.74, 6) is 0. The Morgan fingerprint density at radius 3 is 1.62 bits per heavy atom. The normalized spacial score (nSPS) is 14.4. The molecule has 0 saturated carbocycles. The van der Waals surface area contributed by atoms with E-state index in [1.165, 1.54) is 0 Å². The molecule has 0 aliphatic heterocycles. The highest BCUT2D eigenvalue weighted by atomic mass is 32.2. The first-order valence-corrected chi connectivity index (χ1v) is 3.09. The Morgan fingerprint density at radius 2 is 1.62 bits per heavy atom. The standard InChI is InChI=1S/C2H6O4S.Mg.2H/c1-2(3)7(4,5)6;;;/h2-3H,1H3,(H,4,5,6);;;. The van der Waals surface area contributed by atoms with Crippen LogP contribution in [0.1, 0.15) is 6.92 Å². The van der Waals surface area contributed by atoms with Crippen molar-refractivity contribution in [3.63, 3.8) is 0 Å². The van der Waals surface area contributed by atoms with Crippen LogP contribution in [0.4, 0.5) is 0 Å². The smallest absolute Gasteiger partial charge is 0.316 e. The van der Waals surface area contributed by atoms with Crippen LogP contribution in [0, 0.1) is 0 Å². The Morgan fingerprint density at radius 1 is 1.50 bits per heavy atom. The van der Waals surface area contributed by atoms with Gasteiger partial charge in [0.05, 0.1) is 0 Å². The molecule has 0 aromatic heterocycles. The first-order valence-electron chi connectivity index (χ1n) is 1.59. The number of aliphatic hydroxyl groups excluding tert-OH is 1. The van der Waals surface area contributed by atoms with Crippen molar-refractivity contribution in [1.82, 2.24) is 0 Å². The monoisotopic (exact) mass is 152 g/mol. The molecular weight excluding hydrogens is 144 g/mol. The van der Waals surface area contributed by atoms with Gasteiger partial charge in [-0.25, -0.2) is 0 Å². The minimum absolute atomic E-state index is 0. The molecule has 4 nitrogen and oxygen atoms in total. The summed E-state index contributed by atoms with van der Waals surface area (Å²) in [5.41, 5.74) is -1.67. The predicted octanol–water partition coefficient (Wildman–Crippen LogP) is -1.70. The summed E-state index contributed by atoms with van der Waals surface area (Å²) >= 11 is 0. The van der Waals surface area contributed by atoms with E-state index in [0.29, 0.717) is 0 Å². The Balaban J connectivity index is 0. The number of hydrogen-bond donors (Lipinski definition) is 2. The average molecular weight is 152 g/mol. The molecule has 1 atom stereocenters. The molecule has 0 spiro atoms. The van der Waals surface area contributed by atoms with Crippen molar-refractivity contribution in [2.24, 2.45) is 0 Å². The molecule has 0 aliphatic rings. The lowest BCUT2D eigenvalue weighted by Gasteiger charge is -1.94. The Hall–Kier alpha value is 0.636. The summed E-state index contributed by atoms with van der Waals surface area (Å²) < 4.78 is 27.1. The fraction of sp³-hybridized carbons (Fsp3) is 1.00. The molecule has 1 unspecified atom stereocenters. The third kappa shape index (κ3) is 4.79. The lowest BCUT2D eigenvalue weighted by atomic mass is 10.9. The Kier molecular flexibility index (Phi) is 5.18. The van der Waals surface area contributed by atoms with Crippen molar-refractivity contribution in [2.45, 2.75) is 12.4 Å². The molecule has 0 radical (unpaired) electrons. The van der Waals surface area contributed by atoms with E-state index in [2.05, 4.69) is 0 Å². The molecule has 0 amide bonds. The van der Waals surface area contributed by atoms with E-state index in [9.17, 15) is 8.42 Å². The van der Waals surface area contributed by atoms with Gasteiger partial charge in [-0.05, 0) is 6.92 Å². The maximum Gasteiger partial charge on any atom is 0.316 e. The van der Waals surface area contributed by atoms with Crippen LogP contribution in [0.2, 0.25) is 0 Å². The van der Waals surface area contributed by atoms with Gasteiger partial charge in [0, 0.05) is 0 Å². The van der Waals surface area contributed by atoms with E-state index in [1.54, 1.807) is 0 Å². The quantitative estimate of drug-likeness (QED) is 0.347. The van der Waals surface area contributed by atoms with Crippen molar-refractivity contribution in [3.8, 4) is 0 Å². The predicted molar refractivity (Wildman–Crippen MR) is 31.8 cm³/mol. The highest BCUT2D eigenvalue weighted by molar-refractivity contribution is 7.86. The molecule has 0 aromatic carbocycles. The molecule has 0 heterocycles. The number of aliphatic hydroxyl groups is 1. The summed E-state index contributed by atoms with van der Waals surface area (Å²) in [5, 5.41) is 8.05. The molecule has 2 N–H and O–H groups in total. The second-order valence-electron chi connectivity index (χ2n) is 1.11. The van der Waals surface area contributed by atoms with Gasteiger partial charge in [-0.1, -0.05) is 0 Å². The van der Waals surface area contributed by atoms with Crippen LogP contribution in [0.25, 0.3) is 0 Å². The number of hydrogen-bond acceptors (Lipinski definition) is 3. The van der Waals surface area contributed by atoms with Crippen LogP contribution < -0.4 is 0 Å². The van der Waals surface area contributed by atoms with E-state index in [1.807, 2.05) is 0 Å². The summed E-state index contributed by atoms with van der Waals surface area (Å²) in [6.07, 6.45) is 0. The third-order valence-electron chi connectivity index (χ3n) is 0.431. The molecular formula is C2H8MgO4S. The molecule has 0 saturated heterocycles. The molecule has 8 heavy (non-hydrogen) atoms. The van der Waals surface area contributed by atoms with Crippen molar-refractivity contribution in [3.05, 3.63) is 0 Å². The van der Waals surface area contributed by atoms with E-state index in [0.717, 1.165) is 6.92 Å². The molecule has 0 fully saturated rings. The maximum absolute atomic E-state index is 9.64.